The Morgan fingerprint density at radius 1 is 1.19 bits per heavy atom. The van der Waals surface area contributed by atoms with Gasteiger partial charge >= 0.3 is 5.97 Å². The van der Waals surface area contributed by atoms with Crippen molar-refractivity contribution >= 4 is 21.9 Å². The summed E-state index contributed by atoms with van der Waals surface area (Å²) in [5, 5.41) is 8.66. The zero-order chi connectivity index (χ0) is 11.5. The van der Waals surface area contributed by atoms with Crippen LogP contribution in [0.5, 0.6) is 0 Å². The smallest absolute Gasteiger partial charge is 0.309 e. The lowest BCUT2D eigenvalue weighted by Gasteiger charge is -1.98. The molecule has 3 nitrogen and oxygen atoms in total. The molecule has 2 N–H and O–H groups in total. The Bertz CT molecular complexity index is 502. The molecule has 0 aliphatic heterocycles. The van der Waals surface area contributed by atoms with E-state index in [1.165, 1.54) is 0 Å². The largest absolute Gasteiger partial charge is 0.481 e. The van der Waals surface area contributed by atoms with Gasteiger partial charge in [0, 0.05) is 15.9 Å². The fourth-order valence-corrected chi connectivity index (χ4v) is 1.77. The summed E-state index contributed by atoms with van der Waals surface area (Å²) in [7, 11) is 0. The topological polar surface area (TPSA) is 53.1 Å². The number of hydrogen-bond donors (Lipinski definition) is 2. The van der Waals surface area contributed by atoms with E-state index in [1.54, 1.807) is 6.07 Å². The van der Waals surface area contributed by atoms with Gasteiger partial charge in [-0.15, -0.1) is 0 Å². The third kappa shape index (κ3) is 2.52. The first-order chi connectivity index (χ1) is 7.65. The van der Waals surface area contributed by atoms with Crippen molar-refractivity contribution in [3.8, 4) is 11.3 Å². The van der Waals surface area contributed by atoms with E-state index < -0.39 is 5.97 Å². The molecule has 0 bridgehead atoms. The highest BCUT2D eigenvalue weighted by molar-refractivity contribution is 9.10. The van der Waals surface area contributed by atoms with Crippen molar-refractivity contribution in [1.82, 2.24) is 4.98 Å². The molecule has 0 saturated heterocycles. The molecule has 1 aromatic heterocycles. The summed E-state index contributed by atoms with van der Waals surface area (Å²) in [6, 6.07) is 11.5. The molecular formula is C12H10BrNO2. The van der Waals surface area contributed by atoms with E-state index >= 15 is 0 Å². The number of benzene rings is 1. The summed E-state index contributed by atoms with van der Waals surface area (Å²) in [6.07, 6.45) is 0.0243. The van der Waals surface area contributed by atoms with Crippen molar-refractivity contribution in [3.05, 3.63) is 46.6 Å². The monoisotopic (exact) mass is 279 g/mol. The first kappa shape index (κ1) is 11.0. The van der Waals surface area contributed by atoms with Crippen LogP contribution >= 0.6 is 15.9 Å². The van der Waals surface area contributed by atoms with Crippen LogP contribution in [0.4, 0.5) is 0 Å². The number of carboxylic acid groups (broad SMARTS) is 1. The van der Waals surface area contributed by atoms with Gasteiger partial charge in [-0.25, -0.2) is 0 Å². The molecule has 0 aliphatic rings. The normalized spacial score (nSPS) is 10.3. The highest BCUT2D eigenvalue weighted by atomic mass is 79.9. The van der Waals surface area contributed by atoms with Gasteiger partial charge in [-0.1, -0.05) is 28.1 Å². The molecule has 2 rings (SSSR count). The standard InChI is InChI=1S/C12H10BrNO2/c13-9-3-1-8(2-4-9)11-6-5-10(14-11)7-12(15)16/h1-6,14H,7H2,(H,15,16). The lowest BCUT2D eigenvalue weighted by atomic mass is 10.2. The fourth-order valence-electron chi connectivity index (χ4n) is 1.50. The van der Waals surface area contributed by atoms with Crippen molar-refractivity contribution in [3.63, 3.8) is 0 Å². The van der Waals surface area contributed by atoms with Gasteiger partial charge in [0.25, 0.3) is 0 Å². The maximum Gasteiger partial charge on any atom is 0.309 e. The summed E-state index contributed by atoms with van der Waals surface area (Å²) < 4.78 is 1.02. The van der Waals surface area contributed by atoms with E-state index in [1.807, 2.05) is 30.3 Å². The molecule has 0 saturated carbocycles. The Morgan fingerprint density at radius 3 is 2.50 bits per heavy atom. The van der Waals surface area contributed by atoms with Crippen LogP contribution < -0.4 is 0 Å². The van der Waals surface area contributed by atoms with Crippen LogP contribution in [0, 0.1) is 0 Å². The highest BCUT2D eigenvalue weighted by Crippen LogP contribution is 2.21. The lowest BCUT2D eigenvalue weighted by molar-refractivity contribution is -0.136. The molecule has 4 heteroatoms. The summed E-state index contributed by atoms with van der Waals surface area (Å²) in [5.41, 5.74) is 2.69. The van der Waals surface area contributed by atoms with Gasteiger partial charge in [0.2, 0.25) is 0 Å². The van der Waals surface area contributed by atoms with Crippen molar-refractivity contribution in [1.29, 1.82) is 0 Å². The van der Waals surface area contributed by atoms with E-state index in [2.05, 4.69) is 20.9 Å². The second-order valence-electron chi connectivity index (χ2n) is 3.47. The molecule has 0 atom stereocenters. The number of aromatic amines is 1. The zero-order valence-corrected chi connectivity index (χ0v) is 9.99. The van der Waals surface area contributed by atoms with Gasteiger partial charge in [0.05, 0.1) is 6.42 Å². The number of carboxylic acids is 1. The molecule has 16 heavy (non-hydrogen) atoms. The van der Waals surface area contributed by atoms with Gasteiger partial charge in [-0.2, -0.15) is 0 Å². The summed E-state index contributed by atoms with van der Waals surface area (Å²) in [6.45, 7) is 0. The van der Waals surface area contributed by atoms with E-state index in [4.69, 9.17) is 5.11 Å². The van der Waals surface area contributed by atoms with Crippen molar-refractivity contribution in [2.75, 3.05) is 0 Å². The molecular weight excluding hydrogens is 270 g/mol. The molecule has 1 aromatic carbocycles. The van der Waals surface area contributed by atoms with Crippen LogP contribution in [-0.4, -0.2) is 16.1 Å². The maximum absolute atomic E-state index is 10.5. The van der Waals surface area contributed by atoms with Gasteiger partial charge in [0.1, 0.15) is 0 Å². The Morgan fingerprint density at radius 2 is 1.88 bits per heavy atom. The first-order valence-electron chi connectivity index (χ1n) is 4.81. The van der Waals surface area contributed by atoms with E-state index in [0.717, 1.165) is 15.7 Å². The number of nitrogens with one attached hydrogen (secondary N) is 1. The predicted octanol–water partition coefficient (Wildman–Crippen LogP) is 3.07. The molecule has 0 amide bonds. The number of aliphatic carboxylic acids is 1. The van der Waals surface area contributed by atoms with Crippen LogP contribution in [0.2, 0.25) is 0 Å². The van der Waals surface area contributed by atoms with E-state index in [-0.39, 0.29) is 6.42 Å². The Kier molecular flexibility index (Phi) is 3.10. The summed E-state index contributed by atoms with van der Waals surface area (Å²) in [4.78, 5) is 13.6. The quantitative estimate of drug-likeness (QED) is 0.907. The maximum atomic E-state index is 10.5. The average Bonchev–Trinajstić information content (AvgIpc) is 2.66. The second-order valence-corrected chi connectivity index (χ2v) is 4.39. The van der Waals surface area contributed by atoms with Crippen LogP contribution in [0.3, 0.4) is 0 Å². The molecule has 0 radical (unpaired) electrons. The number of carbonyl (C=O) groups is 1. The first-order valence-corrected chi connectivity index (χ1v) is 5.60. The van der Waals surface area contributed by atoms with Gasteiger partial charge in [-0.05, 0) is 29.8 Å². The molecule has 0 aliphatic carbocycles. The number of hydrogen-bond acceptors (Lipinski definition) is 1. The van der Waals surface area contributed by atoms with Crippen LogP contribution in [0.25, 0.3) is 11.3 Å². The Labute approximate surface area is 101 Å². The minimum absolute atomic E-state index is 0.0243. The van der Waals surface area contributed by atoms with Crippen LogP contribution in [0.15, 0.2) is 40.9 Å². The number of H-pyrrole nitrogens is 1. The SMILES string of the molecule is O=C(O)Cc1ccc(-c2ccc(Br)cc2)[nH]1. The van der Waals surface area contributed by atoms with E-state index in [9.17, 15) is 4.79 Å². The fraction of sp³-hybridized carbons (Fsp3) is 0.0833. The van der Waals surface area contributed by atoms with Gasteiger partial charge in [0.15, 0.2) is 0 Å². The van der Waals surface area contributed by atoms with Gasteiger partial charge in [-0.3, -0.25) is 4.79 Å². The Balaban J connectivity index is 2.24. The van der Waals surface area contributed by atoms with Crippen molar-refractivity contribution < 1.29 is 9.90 Å². The summed E-state index contributed by atoms with van der Waals surface area (Å²) in [5.74, 6) is -0.829. The lowest BCUT2D eigenvalue weighted by Crippen LogP contribution is -1.99. The van der Waals surface area contributed by atoms with E-state index in [0.29, 0.717) is 5.69 Å². The average molecular weight is 280 g/mol. The number of halogens is 1. The second kappa shape index (κ2) is 4.53. The molecule has 0 spiro atoms. The minimum Gasteiger partial charge on any atom is -0.481 e. The van der Waals surface area contributed by atoms with Gasteiger partial charge < -0.3 is 10.1 Å². The molecule has 0 fully saturated rings. The highest BCUT2D eigenvalue weighted by Gasteiger charge is 2.04. The van der Waals surface area contributed by atoms with Crippen LogP contribution in [-0.2, 0) is 11.2 Å². The molecule has 0 unspecified atom stereocenters. The predicted molar refractivity (Wildman–Crippen MR) is 65.3 cm³/mol. The van der Waals surface area contributed by atoms with Crippen LogP contribution in [0.1, 0.15) is 5.69 Å². The third-order valence-corrected chi connectivity index (χ3v) is 2.77. The van der Waals surface area contributed by atoms with Crippen molar-refractivity contribution in [2.45, 2.75) is 6.42 Å². The number of aromatic nitrogens is 1. The third-order valence-electron chi connectivity index (χ3n) is 2.24. The number of rotatable bonds is 3. The molecule has 1 heterocycles. The summed E-state index contributed by atoms with van der Waals surface area (Å²) >= 11 is 3.37. The van der Waals surface area contributed by atoms with Crippen molar-refractivity contribution in [2.24, 2.45) is 0 Å². The molecule has 2 aromatic rings. The Hall–Kier alpha value is -1.55. The molecule has 82 valence electrons. The minimum atomic E-state index is -0.829. The zero-order valence-electron chi connectivity index (χ0n) is 8.40.